The van der Waals surface area contributed by atoms with Crippen LogP contribution in [0.4, 0.5) is 4.79 Å². The SMILES string of the molecule is CC[C@@]1(c2ccc(OC)cc2)NC(=O)N(CC(=O)NC2CC2)C1=O. The predicted molar refractivity (Wildman–Crippen MR) is 86.4 cm³/mol. The zero-order valence-corrected chi connectivity index (χ0v) is 13.8. The molecule has 0 spiro atoms. The molecule has 1 heterocycles. The Morgan fingerprint density at radius 3 is 2.54 bits per heavy atom. The molecule has 1 aliphatic heterocycles. The number of nitrogens with zero attached hydrogens (tertiary/aromatic N) is 1. The molecule has 2 aliphatic rings. The number of methoxy groups -OCH3 is 1. The van der Waals surface area contributed by atoms with Crippen LogP contribution in [-0.4, -0.2) is 42.4 Å². The van der Waals surface area contributed by atoms with Crippen LogP contribution in [0.5, 0.6) is 5.75 Å². The number of ether oxygens (including phenoxy) is 1. The van der Waals surface area contributed by atoms with Gasteiger partial charge >= 0.3 is 6.03 Å². The Balaban J connectivity index is 1.81. The van der Waals surface area contributed by atoms with E-state index in [-0.39, 0.29) is 18.5 Å². The Hall–Kier alpha value is -2.57. The Labute approximate surface area is 140 Å². The van der Waals surface area contributed by atoms with Gasteiger partial charge in [0.05, 0.1) is 7.11 Å². The Morgan fingerprint density at radius 2 is 2.00 bits per heavy atom. The summed E-state index contributed by atoms with van der Waals surface area (Å²) in [5.41, 5.74) is -0.460. The van der Waals surface area contributed by atoms with E-state index in [1.54, 1.807) is 31.4 Å². The molecule has 1 aliphatic carbocycles. The van der Waals surface area contributed by atoms with Crippen LogP contribution in [-0.2, 0) is 15.1 Å². The summed E-state index contributed by atoms with van der Waals surface area (Å²) in [6.07, 6.45) is 2.30. The van der Waals surface area contributed by atoms with E-state index in [4.69, 9.17) is 4.74 Å². The first kappa shape index (κ1) is 16.3. The highest BCUT2D eigenvalue weighted by Gasteiger charge is 2.51. The van der Waals surface area contributed by atoms with E-state index in [1.807, 2.05) is 6.92 Å². The molecule has 1 aromatic carbocycles. The van der Waals surface area contributed by atoms with Gasteiger partial charge < -0.3 is 15.4 Å². The van der Waals surface area contributed by atoms with Crippen molar-refractivity contribution in [3.05, 3.63) is 29.8 Å². The summed E-state index contributed by atoms with van der Waals surface area (Å²) in [6.45, 7) is 1.58. The van der Waals surface area contributed by atoms with Crippen LogP contribution in [0.3, 0.4) is 0 Å². The van der Waals surface area contributed by atoms with Gasteiger partial charge in [0.1, 0.15) is 17.8 Å². The third kappa shape index (κ3) is 2.81. The highest BCUT2D eigenvalue weighted by Crippen LogP contribution is 2.33. The van der Waals surface area contributed by atoms with Crippen molar-refractivity contribution in [1.29, 1.82) is 0 Å². The number of nitrogens with one attached hydrogen (secondary N) is 2. The molecule has 1 atom stereocenters. The first-order valence-electron chi connectivity index (χ1n) is 8.08. The minimum Gasteiger partial charge on any atom is -0.497 e. The van der Waals surface area contributed by atoms with Gasteiger partial charge in [-0.3, -0.25) is 14.5 Å². The highest BCUT2D eigenvalue weighted by atomic mass is 16.5. The minimum absolute atomic E-state index is 0.191. The van der Waals surface area contributed by atoms with E-state index in [0.29, 0.717) is 17.7 Å². The molecular weight excluding hydrogens is 310 g/mol. The quantitative estimate of drug-likeness (QED) is 0.765. The van der Waals surface area contributed by atoms with Gasteiger partial charge in [-0.05, 0) is 37.0 Å². The molecule has 1 aromatic rings. The average Bonchev–Trinajstić information content (AvgIpc) is 3.36. The van der Waals surface area contributed by atoms with Crippen LogP contribution in [0.2, 0.25) is 0 Å². The number of urea groups is 1. The fraction of sp³-hybridized carbons (Fsp3) is 0.471. The Bertz CT molecular complexity index is 669. The summed E-state index contributed by atoms with van der Waals surface area (Å²) in [4.78, 5) is 38.1. The maximum atomic E-state index is 12.9. The third-order valence-electron chi connectivity index (χ3n) is 4.53. The van der Waals surface area contributed by atoms with E-state index in [0.717, 1.165) is 17.7 Å². The minimum atomic E-state index is -1.14. The van der Waals surface area contributed by atoms with Gasteiger partial charge in [0.2, 0.25) is 5.91 Å². The number of hydrogen-bond donors (Lipinski definition) is 2. The van der Waals surface area contributed by atoms with Crippen molar-refractivity contribution < 1.29 is 19.1 Å². The van der Waals surface area contributed by atoms with E-state index in [9.17, 15) is 14.4 Å². The smallest absolute Gasteiger partial charge is 0.325 e. The monoisotopic (exact) mass is 331 g/mol. The Kier molecular flexibility index (Phi) is 4.17. The molecule has 128 valence electrons. The zero-order chi connectivity index (χ0) is 17.3. The molecule has 1 saturated carbocycles. The van der Waals surface area contributed by atoms with Crippen LogP contribution in [0.25, 0.3) is 0 Å². The van der Waals surface area contributed by atoms with Gasteiger partial charge in [-0.1, -0.05) is 19.1 Å². The number of carbonyl (C=O) groups is 3. The molecule has 2 fully saturated rings. The Morgan fingerprint density at radius 1 is 1.33 bits per heavy atom. The van der Waals surface area contributed by atoms with Crippen molar-refractivity contribution in [2.75, 3.05) is 13.7 Å². The van der Waals surface area contributed by atoms with E-state index in [2.05, 4.69) is 10.6 Å². The van der Waals surface area contributed by atoms with Crippen molar-refractivity contribution in [3.8, 4) is 5.75 Å². The largest absolute Gasteiger partial charge is 0.497 e. The molecule has 2 N–H and O–H groups in total. The van der Waals surface area contributed by atoms with Gasteiger partial charge in [0, 0.05) is 6.04 Å². The lowest BCUT2D eigenvalue weighted by Gasteiger charge is -2.26. The normalized spacial score (nSPS) is 23.2. The molecule has 0 unspecified atom stereocenters. The second-order valence-corrected chi connectivity index (χ2v) is 6.15. The summed E-state index contributed by atoms with van der Waals surface area (Å²) < 4.78 is 5.13. The summed E-state index contributed by atoms with van der Waals surface area (Å²) in [7, 11) is 1.56. The average molecular weight is 331 g/mol. The van der Waals surface area contributed by atoms with Crippen molar-refractivity contribution in [3.63, 3.8) is 0 Å². The summed E-state index contributed by atoms with van der Waals surface area (Å²) in [5.74, 6) is -0.0313. The first-order valence-corrected chi connectivity index (χ1v) is 8.08. The fourth-order valence-electron chi connectivity index (χ4n) is 2.93. The number of imide groups is 1. The number of benzene rings is 1. The van der Waals surface area contributed by atoms with Gasteiger partial charge in [-0.2, -0.15) is 0 Å². The van der Waals surface area contributed by atoms with Crippen molar-refractivity contribution in [2.24, 2.45) is 0 Å². The third-order valence-corrected chi connectivity index (χ3v) is 4.53. The van der Waals surface area contributed by atoms with Crippen molar-refractivity contribution >= 4 is 17.8 Å². The maximum Gasteiger partial charge on any atom is 0.325 e. The zero-order valence-electron chi connectivity index (χ0n) is 13.8. The number of rotatable bonds is 6. The summed E-state index contributed by atoms with van der Waals surface area (Å²) in [6, 6.07) is 6.66. The van der Waals surface area contributed by atoms with Gasteiger partial charge in [-0.25, -0.2) is 4.79 Å². The second-order valence-electron chi connectivity index (χ2n) is 6.15. The molecule has 7 heteroatoms. The molecule has 0 radical (unpaired) electrons. The molecule has 24 heavy (non-hydrogen) atoms. The lowest BCUT2D eigenvalue weighted by Crippen LogP contribution is -2.45. The van der Waals surface area contributed by atoms with Gasteiger partial charge in [-0.15, -0.1) is 0 Å². The predicted octanol–water partition coefficient (Wildman–Crippen LogP) is 1.13. The number of carbonyl (C=O) groups excluding carboxylic acids is 3. The lowest BCUT2D eigenvalue weighted by molar-refractivity contribution is -0.135. The van der Waals surface area contributed by atoms with Crippen molar-refractivity contribution in [2.45, 2.75) is 37.8 Å². The number of amides is 4. The molecule has 0 aromatic heterocycles. The summed E-state index contributed by atoms with van der Waals surface area (Å²) in [5, 5.41) is 5.55. The molecule has 1 saturated heterocycles. The van der Waals surface area contributed by atoms with Crippen LogP contribution in [0, 0.1) is 0 Å². The number of hydrogen-bond acceptors (Lipinski definition) is 4. The fourth-order valence-corrected chi connectivity index (χ4v) is 2.93. The second kappa shape index (κ2) is 6.14. The van der Waals surface area contributed by atoms with Crippen LogP contribution >= 0.6 is 0 Å². The standard InChI is InChI=1S/C17H21N3O4/c1-3-17(11-4-8-13(24-2)9-5-11)15(22)20(16(23)19-17)10-14(21)18-12-6-7-12/h4-5,8-9,12H,3,6-7,10H2,1-2H3,(H,18,21)(H,19,23)/t17-/m0/s1. The lowest BCUT2D eigenvalue weighted by atomic mass is 9.87. The molecule has 7 nitrogen and oxygen atoms in total. The molecule has 3 rings (SSSR count). The van der Waals surface area contributed by atoms with Gasteiger partial charge in [0.15, 0.2) is 0 Å². The van der Waals surface area contributed by atoms with E-state index >= 15 is 0 Å². The van der Waals surface area contributed by atoms with Gasteiger partial charge in [0.25, 0.3) is 5.91 Å². The molecule has 4 amide bonds. The molecule has 0 bridgehead atoms. The van der Waals surface area contributed by atoms with E-state index in [1.165, 1.54) is 0 Å². The molecular formula is C17H21N3O4. The van der Waals surface area contributed by atoms with Crippen LogP contribution < -0.4 is 15.4 Å². The topological polar surface area (TPSA) is 87.7 Å². The van der Waals surface area contributed by atoms with E-state index < -0.39 is 17.5 Å². The van der Waals surface area contributed by atoms with Crippen LogP contribution in [0.15, 0.2) is 24.3 Å². The van der Waals surface area contributed by atoms with Crippen LogP contribution in [0.1, 0.15) is 31.7 Å². The maximum absolute atomic E-state index is 12.9. The first-order chi connectivity index (χ1) is 11.5. The summed E-state index contributed by atoms with van der Waals surface area (Å²) >= 11 is 0. The highest BCUT2D eigenvalue weighted by molar-refractivity contribution is 6.09. The van der Waals surface area contributed by atoms with Crippen molar-refractivity contribution in [1.82, 2.24) is 15.5 Å².